The van der Waals surface area contributed by atoms with Gasteiger partial charge in [0.25, 0.3) is 5.70 Å². The topological polar surface area (TPSA) is 49.9 Å². The lowest BCUT2D eigenvalue weighted by atomic mass is 10.1. The zero-order valence-corrected chi connectivity index (χ0v) is 18.1. The summed E-state index contributed by atoms with van der Waals surface area (Å²) in [4.78, 5) is 5.46. The van der Waals surface area contributed by atoms with E-state index in [9.17, 15) is 0 Å². The Morgan fingerprint density at radius 2 is 1.50 bits per heavy atom. The van der Waals surface area contributed by atoms with Crippen LogP contribution in [0.4, 0.5) is 5.69 Å². The second-order valence-electron chi connectivity index (χ2n) is 7.10. The van der Waals surface area contributed by atoms with Crippen molar-refractivity contribution in [2.75, 3.05) is 31.2 Å². The van der Waals surface area contributed by atoms with Crippen LogP contribution in [0.15, 0.2) is 84.6 Å². The highest BCUT2D eigenvalue weighted by atomic mass is 16.5. The lowest BCUT2D eigenvalue weighted by Gasteiger charge is -2.26. The van der Waals surface area contributed by atoms with Gasteiger partial charge in [0.15, 0.2) is 0 Å². The molecular weight excluding hydrogens is 398 g/mol. The molecule has 0 saturated carbocycles. The van der Waals surface area contributed by atoms with Gasteiger partial charge < -0.3 is 14.4 Å². The smallest absolute Gasteiger partial charge is 0.262 e. The van der Waals surface area contributed by atoms with Gasteiger partial charge in [-0.1, -0.05) is 42.5 Å². The molecule has 0 atom stereocenters. The number of ether oxygens (including phenoxy) is 2. The minimum Gasteiger partial charge on any atom is -0.492 e. The number of aryl methyl sites for hydroxylation is 1. The number of benzene rings is 3. The number of hydrogen-bond donors (Lipinski definition) is 0. The minimum absolute atomic E-state index is 0.0743. The second kappa shape index (κ2) is 11.8. The van der Waals surface area contributed by atoms with Crippen molar-refractivity contribution in [3.05, 3.63) is 107 Å². The first-order valence-electron chi connectivity index (χ1n) is 10.4. The van der Waals surface area contributed by atoms with E-state index in [1.807, 2.05) is 85.8 Å². The van der Waals surface area contributed by atoms with Gasteiger partial charge in [0.05, 0.1) is 25.7 Å². The van der Waals surface area contributed by atoms with E-state index in [0.29, 0.717) is 26.3 Å². The fourth-order valence-corrected chi connectivity index (χ4v) is 3.21. The Balaban J connectivity index is 1.71. The quantitative estimate of drug-likeness (QED) is 0.308. The molecule has 0 aliphatic rings. The molecule has 0 fully saturated rings. The summed E-state index contributed by atoms with van der Waals surface area (Å²) in [5.41, 5.74) is 2.97. The molecular formula is C27H25N3O2. The highest BCUT2D eigenvalue weighted by Crippen LogP contribution is 2.22. The minimum atomic E-state index is 0.0743. The Bertz CT molecular complexity index is 1050. The van der Waals surface area contributed by atoms with Gasteiger partial charge in [-0.05, 0) is 60.5 Å². The Kier molecular flexibility index (Phi) is 8.31. The average Bonchev–Trinajstić information content (AvgIpc) is 2.83. The van der Waals surface area contributed by atoms with Gasteiger partial charge in [-0.25, -0.2) is 10.1 Å². The molecule has 32 heavy (non-hydrogen) atoms. The molecule has 0 aliphatic heterocycles. The maximum atomic E-state index is 9.04. The summed E-state index contributed by atoms with van der Waals surface area (Å²) in [5, 5.41) is 9.04. The second-order valence-corrected chi connectivity index (χ2v) is 7.10. The molecule has 0 aromatic heterocycles. The van der Waals surface area contributed by atoms with Crippen LogP contribution >= 0.6 is 0 Å². The summed E-state index contributed by atoms with van der Waals surface area (Å²) >= 11 is 0. The van der Waals surface area contributed by atoms with E-state index in [1.54, 1.807) is 6.08 Å². The molecule has 3 aromatic rings. The van der Waals surface area contributed by atoms with E-state index in [0.717, 1.165) is 28.3 Å². The Morgan fingerprint density at radius 1 is 0.938 bits per heavy atom. The van der Waals surface area contributed by atoms with Gasteiger partial charge in [-0.2, -0.15) is 0 Å². The van der Waals surface area contributed by atoms with Gasteiger partial charge >= 0.3 is 0 Å². The summed E-state index contributed by atoms with van der Waals surface area (Å²) in [7, 11) is 0. The van der Waals surface area contributed by atoms with E-state index in [-0.39, 0.29) is 5.70 Å². The van der Waals surface area contributed by atoms with Crippen molar-refractivity contribution < 1.29 is 9.47 Å². The predicted molar refractivity (Wildman–Crippen MR) is 127 cm³/mol. The lowest BCUT2D eigenvalue weighted by Crippen LogP contribution is -2.32. The van der Waals surface area contributed by atoms with Crippen LogP contribution in [0.2, 0.25) is 0 Å². The van der Waals surface area contributed by atoms with E-state index >= 15 is 0 Å². The van der Waals surface area contributed by atoms with Gasteiger partial charge in [-0.3, -0.25) is 0 Å². The normalized spacial score (nSPS) is 10.7. The van der Waals surface area contributed by atoms with E-state index < -0.39 is 0 Å². The largest absolute Gasteiger partial charge is 0.492 e. The third-order valence-corrected chi connectivity index (χ3v) is 4.89. The van der Waals surface area contributed by atoms with Crippen molar-refractivity contribution in [2.45, 2.75) is 6.92 Å². The highest BCUT2D eigenvalue weighted by Gasteiger charge is 2.10. The predicted octanol–water partition coefficient (Wildman–Crippen LogP) is 5.74. The van der Waals surface area contributed by atoms with Crippen molar-refractivity contribution >= 4 is 11.8 Å². The van der Waals surface area contributed by atoms with Crippen LogP contribution in [0.25, 0.3) is 10.9 Å². The fourth-order valence-electron chi connectivity index (χ4n) is 3.21. The zero-order chi connectivity index (χ0) is 22.6. The fraction of sp³-hybridized carbons (Fsp3) is 0.185. The van der Waals surface area contributed by atoms with Crippen molar-refractivity contribution in [3.63, 3.8) is 0 Å². The van der Waals surface area contributed by atoms with E-state index in [2.05, 4.69) is 15.8 Å². The van der Waals surface area contributed by atoms with Crippen LogP contribution in [-0.2, 0) is 0 Å². The lowest BCUT2D eigenvalue weighted by molar-refractivity contribution is 0.303. The standard InChI is InChI=1S/C27H25N3O2/c1-22-19-25(14-13-23(22)20-24(21-28)29-2)30(15-17-31-26-9-5-3-6-10-26)16-18-32-27-11-7-4-8-12-27/h3-14,19-20H,15-18H2,1H3. The number of rotatable bonds is 10. The summed E-state index contributed by atoms with van der Waals surface area (Å²) in [6, 6.07) is 27.4. The average molecular weight is 424 g/mol. The van der Waals surface area contributed by atoms with E-state index in [1.165, 1.54) is 0 Å². The maximum absolute atomic E-state index is 9.04. The van der Waals surface area contributed by atoms with Crippen LogP contribution in [-0.4, -0.2) is 26.3 Å². The summed E-state index contributed by atoms with van der Waals surface area (Å²) in [6.07, 6.45) is 1.62. The SMILES string of the molecule is [C-]#[N+]C(C#N)=Cc1ccc(N(CCOc2ccccc2)CCOc2ccccc2)cc1C. The zero-order valence-electron chi connectivity index (χ0n) is 18.1. The van der Waals surface area contributed by atoms with Gasteiger partial charge in [0.1, 0.15) is 24.7 Å². The van der Waals surface area contributed by atoms with Gasteiger partial charge in [-0.15, -0.1) is 0 Å². The van der Waals surface area contributed by atoms with Gasteiger partial charge in [0, 0.05) is 5.69 Å². The first kappa shape index (κ1) is 22.5. The Labute approximate surface area is 189 Å². The molecule has 5 heteroatoms. The monoisotopic (exact) mass is 423 g/mol. The van der Waals surface area contributed by atoms with Crippen LogP contribution in [0.5, 0.6) is 11.5 Å². The number of hydrogen-bond acceptors (Lipinski definition) is 4. The molecule has 0 aliphatic carbocycles. The Hall–Kier alpha value is -4.22. The molecule has 0 bridgehead atoms. The summed E-state index contributed by atoms with van der Waals surface area (Å²) in [5.74, 6) is 1.68. The molecule has 5 nitrogen and oxygen atoms in total. The van der Waals surface area contributed by atoms with Crippen LogP contribution < -0.4 is 14.4 Å². The third-order valence-electron chi connectivity index (χ3n) is 4.89. The molecule has 0 spiro atoms. The van der Waals surface area contributed by atoms with E-state index in [4.69, 9.17) is 21.3 Å². The van der Waals surface area contributed by atoms with Crippen LogP contribution in [0.1, 0.15) is 11.1 Å². The molecule has 3 rings (SSSR count). The van der Waals surface area contributed by atoms with Crippen LogP contribution in [0, 0.1) is 24.8 Å². The Morgan fingerprint density at radius 3 is 1.97 bits per heavy atom. The van der Waals surface area contributed by atoms with Gasteiger partial charge in [0.2, 0.25) is 0 Å². The molecule has 0 unspecified atom stereocenters. The molecule has 3 aromatic carbocycles. The highest BCUT2D eigenvalue weighted by molar-refractivity contribution is 5.65. The molecule has 160 valence electrons. The number of anilines is 1. The molecule has 0 saturated heterocycles. The molecule has 0 radical (unpaired) electrons. The molecule has 0 heterocycles. The van der Waals surface area contributed by atoms with Crippen molar-refractivity contribution in [1.82, 2.24) is 0 Å². The van der Waals surface area contributed by atoms with Crippen molar-refractivity contribution in [2.24, 2.45) is 0 Å². The molecule has 0 N–H and O–H groups in total. The van der Waals surface area contributed by atoms with Crippen LogP contribution in [0.3, 0.4) is 0 Å². The summed E-state index contributed by atoms with van der Waals surface area (Å²) < 4.78 is 11.8. The molecule has 0 amide bonds. The third kappa shape index (κ3) is 6.65. The van der Waals surface area contributed by atoms with Crippen molar-refractivity contribution in [1.29, 1.82) is 5.26 Å². The number of nitriles is 1. The first-order chi connectivity index (χ1) is 15.7. The number of nitrogens with zero attached hydrogens (tertiary/aromatic N) is 3. The number of allylic oxidation sites excluding steroid dienone is 1. The maximum Gasteiger partial charge on any atom is 0.262 e. The van der Waals surface area contributed by atoms with Crippen molar-refractivity contribution in [3.8, 4) is 17.6 Å². The number of para-hydroxylation sites is 2. The first-order valence-corrected chi connectivity index (χ1v) is 10.4. The summed E-state index contributed by atoms with van der Waals surface area (Å²) in [6.45, 7) is 11.5.